The molecule has 0 aromatic carbocycles. The highest BCUT2D eigenvalue weighted by molar-refractivity contribution is 7.86. The van der Waals surface area contributed by atoms with E-state index in [0.717, 1.165) is 6.26 Å². The van der Waals surface area contributed by atoms with Gasteiger partial charge in [0.05, 0.1) is 25.0 Å². The molecule has 0 bridgehead atoms. The number of amides is 1. The lowest BCUT2D eigenvalue weighted by atomic mass is 10.2. The average molecular weight is 283 g/mol. The third-order valence-corrected chi connectivity index (χ3v) is 2.45. The van der Waals surface area contributed by atoms with Crippen molar-refractivity contribution in [1.29, 1.82) is 0 Å². The van der Waals surface area contributed by atoms with Gasteiger partial charge in [-0.15, -0.1) is 0 Å². The van der Waals surface area contributed by atoms with E-state index in [1.807, 2.05) is 0 Å². The number of hydrogen-bond donors (Lipinski definition) is 2. The monoisotopic (exact) mass is 283 g/mol. The Morgan fingerprint density at radius 2 is 1.89 bits per heavy atom. The zero-order chi connectivity index (χ0) is 14.6. The molecule has 0 fully saturated rings. The summed E-state index contributed by atoms with van der Waals surface area (Å²) in [5, 5.41) is 11.4. The quantitative estimate of drug-likeness (QED) is 0.701. The molecule has 0 aromatic heterocycles. The Labute approximate surface area is 108 Å². The van der Waals surface area contributed by atoms with Crippen LogP contribution in [-0.4, -0.2) is 50.2 Å². The van der Waals surface area contributed by atoms with E-state index < -0.39 is 40.6 Å². The van der Waals surface area contributed by atoms with Gasteiger partial charge in [0, 0.05) is 0 Å². The maximum absolute atomic E-state index is 11.4. The van der Waals surface area contributed by atoms with Crippen molar-refractivity contribution in [2.75, 3.05) is 12.9 Å². The minimum absolute atomic E-state index is 0.462. The molecule has 0 rings (SSSR count). The molecule has 0 unspecified atom stereocenters. The SMILES string of the molecule is C[C@@H](OS(C)(=O)=O)[C@@H](CO)NC(=O)OC(C)(C)C. The second kappa shape index (κ2) is 6.35. The van der Waals surface area contributed by atoms with E-state index in [1.165, 1.54) is 6.92 Å². The van der Waals surface area contributed by atoms with Gasteiger partial charge in [0.1, 0.15) is 5.60 Å². The van der Waals surface area contributed by atoms with Crippen molar-refractivity contribution in [3.05, 3.63) is 0 Å². The molecule has 8 heteroatoms. The van der Waals surface area contributed by atoms with Crippen molar-refractivity contribution in [2.45, 2.75) is 45.4 Å². The van der Waals surface area contributed by atoms with Gasteiger partial charge in [-0.05, 0) is 27.7 Å². The molecule has 0 heterocycles. The first-order chi connectivity index (χ1) is 7.94. The maximum atomic E-state index is 11.4. The van der Waals surface area contributed by atoms with Crippen LogP contribution in [0.5, 0.6) is 0 Å². The highest BCUT2D eigenvalue weighted by Crippen LogP contribution is 2.08. The summed E-state index contributed by atoms with van der Waals surface area (Å²) in [4.78, 5) is 11.4. The van der Waals surface area contributed by atoms with Crippen LogP contribution < -0.4 is 5.32 Å². The normalized spacial score (nSPS) is 15.9. The lowest BCUT2D eigenvalue weighted by Gasteiger charge is -2.25. The molecule has 0 aliphatic heterocycles. The van der Waals surface area contributed by atoms with E-state index in [-0.39, 0.29) is 0 Å². The number of rotatable bonds is 5. The van der Waals surface area contributed by atoms with Crippen LogP contribution in [0.15, 0.2) is 0 Å². The second-order valence-electron chi connectivity index (χ2n) is 4.94. The van der Waals surface area contributed by atoms with E-state index in [0.29, 0.717) is 0 Å². The van der Waals surface area contributed by atoms with Crippen molar-refractivity contribution in [1.82, 2.24) is 5.32 Å². The Hall–Kier alpha value is -0.860. The lowest BCUT2D eigenvalue weighted by Crippen LogP contribution is -2.47. The molecule has 0 saturated heterocycles. The van der Waals surface area contributed by atoms with E-state index in [2.05, 4.69) is 9.50 Å². The molecule has 0 aromatic rings. The second-order valence-corrected chi connectivity index (χ2v) is 6.54. The van der Waals surface area contributed by atoms with E-state index >= 15 is 0 Å². The summed E-state index contributed by atoms with van der Waals surface area (Å²) < 4.78 is 31.5. The molecular formula is C10H21NO6S. The zero-order valence-corrected chi connectivity index (χ0v) is 12.1. The van der Waals surface area contributed by atoms with Crippen molar-refractivity contribution in [2.24, 2.45) is 0 Å². The van der Waals surface area contributed by atoms with Gasteiger partial charge in [0.25, 0.3) is 10.1 Å². The number of aliphatic hydroxyl groups excluding tert-OH is 1. The van der Waals surface area contributed by atoms with Gasteiger partial charge < -0.3 is 15.2 Å². The Bertz CT molecular complexity index is 372. The molecule has 2 N–H and O–H groups in total. The molecular weight excluding hydrogens is 262 g/mol. The summed E-state index contributed by atoms with van der Waals surface area (Å²) in [5.74, 6) is 0. The van der Waals surface area contributed by atoms with Crippen molar-refractivity contribution >= 4 is 16.2 Å². The smallest absolute Gasteiger partial charge is 0.408 e. The Balaban J connectivity index is 4.48. The molecule has 7 nitrogen and oxygen atoms in total. The van der Waals surface area contributed by atoms with Gasteiger partial charge in [0.15, 0.2) is 0 Å². The van der Waals surface area contributed by atoms with Gasteiger partial charge in [-0.2, -0.15) is 8.42 Å². The van der Waals surface area contributed by atoms with Gasteiger partial charge in [-0.1, -0.05) is 0 Å². The topological polar surface area (TPSA) is 102 Å². The van der Waals surface area contributed by atoms with Crippen LogP contribution in [0.3, 0.4) is 0 Å². The van der Waals surface area contributed by atoms with E-state index in [1.54, 1.807) is 20.8 Å². The Kier molecular flexibility index (Phi) is 6.05. The summed E-state index contributed by atoms with van der Waals surface area (Å²) in [6, 6.07) is -0.866. The fraction of sp³-hybridized carbons (Fsp3) is 0.900. The minimum Gasteiger partial charge on any atom is -0.444 e. The van der Waals surface area contributed by atoms with Crippen LogP contribution in [0, 0.1) is 0 Å². The predicted molar refractivity (Wildman–Crippen MR) is 65.6 cm³/mol. The van der Waals surface area contributed by atoms with Crippen molar-refractivity contribution in [3.63, 3.8) is 0 Å². The number of carbonyl (C=O) groups is 1. The van der Waals surface area contributed by atoms with Crippen LogP contribution in [0.2, 0.25) is 0 Å². The van der Waals surface area contributed by atoms with Gasteiger partial charge in [-0.3, -0.25) is 4.18 Å². The van der Waals surface area contributed by atoms with Crippen LogP contribution >= 0.6 is 0 Å². The van der Waals surface area contributed by atoms with Crippen LogP contribution in [0.4, 0.5) is 4.79 Å². The largest absolute Gasteiger partial charge is 0.444 e. The molecule has 0 aliphatic carbocycles. The average Bonchev–Trinajstić information content (AvgIpc) is 2.07. The predicted octanol–water partition coefficient (Wildman–Crippen LogP) is 0.237. The van der Waals surface area contributed by atoms with Crippen LogP contribution in [-0.2, 0) is 19.0 Å². The molecule has 1 amide bonds. The first-order valence-electron chi connectivity index (χ1n) is 5.43. The molecule has 2 atom stereocenters. The molecule has 0 saturated carbocycles. The fourth-order valence-electron chi connectivity index (χ4n) is 1.11. The zero-order valence-electron chi connectivity index (χ0n) is 11.3. The maximum Gasteiger partial charge on any atom is 0.408 e. The summed E-state index contributed by atoms with van der Waals surface area (Å²) in [6.45, 7) is 6.04. The molecule has 0 radical (unpaired) electrons. The van der Waals surface area contributed by atoms with Crippen molar-refractivity contribution in [3.8, 4) is 0 Å². The van der Waals surface area contributed by atoms with Crippen molar-refractivity contribution < 1.29 is 27.2 Å². The third kappa shape index (κ3) is 8.26. The number of ether oxygens (including phenoxy) is 1. The van der Waals surface area contributed by atoms with Gasteiger partial charge in [0.2, 0.25) is 0 Å². The lowest BCUT2D eigenvalue weighted by molar-refractivity contribution is 0.0409. The number of nitrogens with one attached hydrogen (secondary N) is 1. The number of hydrogen-bond acceptors (Lipinski definition) is 6. The standard InChI is InChI=1S/C10H21NO6S/c1-7(17-18(5,14)15)8(6-12)11-9(13)16-10(2,3)4/h7-8,12H,6H2,1-5H3,(H,11,13)/t7-,8-/m1/s1. The molecule has 0 spiro atoms. The fourth-order valence-corrected chi connectivity index (χ4v) is 1.80. The Morgan fingerprint density at radius 3 is 2.22 bits per heavy atom. The molecule has 108 valence electrons. The molecule has 0 aliphatic rings. The highest BCUT2D eigenvalue weighted by Gasteiger charge is 2.25. The highest BCUT2D eigenvalue weighted by atomic mass is 32.2. The summed E-state index contributed by atoms with van der Waals surface area (Å²) >= 11 is 0. The van der Waals surface area contributed by atoms with E-state index in [9.17, 15) is 13.2 Å². The Morgan fingerprint density at radius 1 is 1.39 bits per heavy atom. The van der Waals surface area contributed by atoms with Crippen LogP contribution in [0.25, 0.3) is 0 Å². The first-order valence-corrected chi connectivity index (χ1v) is 7.25. The number of alkyl carbamates (subject to hydrolysis) is 1. The first kappa shape index (κ1) is 17.1. The van der Waals surface area contributed by atoms with Crippen LogP contribution in [0.1, 0.15) is 27.7 Å². The minimum atomic E-state index is -3.65. The van der Waals surface area contributed by atoms with Gasteiger partial charge >= 0.3 is 6.09 Å². The summed E-state index contributed by atoms with van der Waals surface area (Å²) in [7, 11) is -3.65. The third-order valence-electron chi connectivity index (χ3n) is 1.79. The number of carbonyl (C=O) groups excluding carboxylic acids is 1. The molecule has 18 heavy (non-hydrogen) atoms. The summed E-state index contributed by atoms with van der Waals surface area (Å²) in [5.41, 5.74) is -0.676. The number of aliphatic hydroxyl groups is 1. The van der Waals surface area contributed by atoms with E-state index in [4.69, 9.17) is 9.84 Å². The van der Waals surface area contributed by atoms with Gasteiger partial charge in [-0.25, -0.2) is 4.79 Å². The summed E-state index contributed by atoms with van der Waals surface area (Å²) in [6.07, 6.45) is -0.742.